The molecular weight excluding hydrogens is 497 g/mol. The van der Waals surface area contributed by atoms with Crippen LogP contribution in [0.4, 0.5) is 0 Å². The lowest BCUT2D eigenvalue weighted by Crippen LogP contribution is -2.00. The average Bonchev–Trinajstić information content (AvgIpc) is 2.72. The molecule has 0 aliphatic rings. The number of nitriles is 1. The summed E-state index contributed by atoms with van der Waals surface area (Å²) in [6.07, 6.45) is 1.86. The Morgan fingerprint density at radius 1 is 1.10 bits per heavy atom. The third kappa shape index (κ3) is 5.53. The van der Waals surface area contributed by atoms with E-state index in [1.54, 1.807) is 7.11 Å². The number of hydrogen-bond acceptors (Lipinski definition) is 3. The number of benzene rings is 3. The minimum atomic E-state index is 0.408. The van der Waals surface area contributed by atoms with Gasteiger partial charge in [-0.25, -0.2) is 0 Å². The maximum absolute atomic E-state index is 9.60. The maximum Gasteiger partial charge on any atom is 0.174 e. The van der Waals surface area contributed by atoms with Crippen molar-refractivity contribution in [3.8, 4) is 17.6 Å². The van der Waals surface area contributed by atoms with Crippen LogP contribution in [0.2, 0.25) is 5.02 Å². The molecule has 3 nitrogen and oxygen atoms in total. The summed E-state index contributed by atoms with van der Waals surface area (Å²) in [6, 6.07) is 21.6. The third-order valence-corrected chi connectivity index (χ3v) is 5.40. The van der Waals surface area contributed by atoms with Crippen LogP contribution >= 0.6 is 34.2 Å². The van der Waals surface area contributed by atoms with Gasteiger partial charge in [0.05, 0.1) is 22.3 Å². The van der Waals surface area contributed by atoms with Gasteiger partial charge in [-0.2, -0.15) is 5.26 Å². The quantitative estimate of drug-likeness (QED) is 0.204. The second-order valence-corrected chi connectivity index (χ2v) is 8.08. The largest absolute Gasteiger partial charge is 0.493 e. The van der Waals surface area contributed by atoms with Crippen molar-refractivity contribution < 1.29 is 9.47 Å². The molecule has 0 heterocycles. The van der Waals surface area contributed by atoms with Crippen molar-refractivity contribution in [1.82, 2.24) is 0 Å². The molecule has 0 bridgehead atoms. The first-order chi connectivity index (χ1) is 14.0. The number of aryl methyl sites for hydroxylation is 1. The Morgan fingerprint density at radius 3 is 2.41 bits per heavy atom. The first kappa shape index (κ1) is 21.2. The lowest BCUT2D eigenvalue weighted by molar-refractivity contribution is 0.282. The highest BCUT2D eigenvalue weighted by Crippen LogP contribution is 2.35. The van der Waals surface area contributed by atoms with E-state index >= 15 is 0 Å². The molecule has 146 valence electrons. The highest BCUT2D eigenvalue weighted by molar-refractivity contribution is 14.1. The zero-order chi connectivity index (χ0) is 20.8. The van der Waals surface area contributed by atoms with Gasteiger partial charge in [0.25, 0.3) is 0 Å². The molecule has 0 radical (unpaired) electrons. The van der Waals surface area contributed by atoms with Crippen LogP contribution in [0.3, 0.4) is 0 Å². The van der Waals surface area contributed by atoms with Crippen molar-refractivity contribution in [1.29, 1.82) is 5.26 Å². The first-order valence-electron chi connectivity index (χ1n) is 8.94. The number of hydrogen-bond donors (Lipinski definition) is 0. The smallest absolute Gasteiger partial charge is 0.174 e. The van der Waals surface area contributed by atoms with Gasteiger partial charge in [-0.1, -0.05) is 53.6 Å². The monoisotopic (exact) mass is 515 g/mol. The van der Waals surface area contributed by atoms with E-state index in [1.165, 1.54) is 0 Å². The van der Waals surface area contributed by atoms with Crippen LogP contribution in [0.15, 0.2) is 60.7 Å². The molecule has 3 aromatic carbocycles. The average molecular weight is 516 g/mol. The molecule has 0 atom stereocenters. The van der Waals surface area contributed by atoms with Gasteiger partial charge in [-0.15, -0.1) is 0 Å². The van der Waals surface area contributed by atoms with Crippen LogP contribution in [0.1, 0.15) is 22.3 Å². The van der Waals surface area contributed by atoms with Gasteiger partial charge in [0.2, 0.25) is 0 Å². The van der Waals surface area contributed by atoms with E-state index in [2.05, 4.69) is 28.7 Å². The van der Waals surface area contributed by atoms with Crippen LogP contribution in [0.5, 0.6) is 11.5 Å². The van der Waals surface area contributed by atoms with E-state index in [-0.39, 0.29) is 0 Å². The van der Waals surface area contributed by atoms with Crippen LogP contribution in [-0.2, 0) is 6.61 Å². The van der Waals surface area contributed by atoms with Crippen LogP contribution in [0.25, 0.3) is 11.6 Å². The van der Waals surface area contributed by atoms with Crippen molar-refractivity contribution in [2.24, 2.45) is 0 Å². The van der Waals surface area contributed by atoms with E-state index in [9.17, 15) is 5.26 Å². The van der Waals surface area contributed by atoms with Gasteiger partial charge in [0, 0.05) is 5.02 Å². The normalized spacial score (nSPS) is 11.1. The summed E-state index contributed by atoms with van der Waals surface area (Å²) in [4.78, 5) is 0. The number of nitrogens with zero attached hydrogens (tertiary/aromatic N) is 1. The molecular formula is C24H19ClINO2. The molecule has 29 heavy (non-hydrogen) atoms. The van der Waals surface area contributed by atoms with Crippen LogP contribution < -0.4 is 9.47 Å². The summed E-state index contributed by atoms with van der Waals surface area (Å²) < 4.78 is 12.5. The lowest BCUT2D eigenvalue weighted by atomic mass is 10.0. The number of methoxy groups -OCH3 is 1. The molecule has 0 amide bonds. The molecule has 0 unspecified atom stereocenters. The van der Waals surface area contributed by atoms with Gasteiger partial charge in [-0.05, 0) is 76.5 Å². The van der Waals surface area contributed by atoms with Gasteiger partial charge >= 0.3 is 0 Å². The highest BCUT2D eigenvalue weighted by atomic mass is 127. The molecule has 0 aliphatic carbocycles. The van der Waals surface area contributed by atoms with E-state index in [4.69, 9.17) is 21.1 Å². The predicted molar refractivity (Wildman–Crippen MR) is 126 cm³/mol. The van der Waals surface area contributed by atoms with E-state index in [0.29, 0.717) is 28.7 Å². The first-order valence-corrected chi connectivity index (χ1v) is 10.4. The summed E-state index contributed by atoms with van der Waals surface area (Å²) in [5, 5.41) is 10.3. The van der Waals surface area contributed by atoms with Gasteiger partial charge < -0.3 is 9.47 Å². The van der Waals surface area contributed by atoms with E-state index < -0.39 is 0 Å². The Labute approximate surface area is 189 Å². The van der Waals surface area contributed by atoms with Crippen LogP contribution in [0, 0.1) is 21.8 Å². The van der Waals surface area contributed by atoms with Crippen molar-refractivity contribution in [2.75, 3.05) is 7.11 Å². The molecule has 0 fully saturated rings. The molecule has 0 saturated carbocycles. The minimum absolute atomic E-state index is 0.408. The molecule has 3 rings (SSSR count). The standard InChI is InChI=1S/C24H19ClINO2/c1-16-3-7-19(8-4-16)20(14-27)11-18-12-22(26)24(23(13-18)28-2)29-15-17-5-9-21(25)10-6-17/h3-13H,15H2,1-2H3. The van der Waals surface area contributed by atoms with Crippen molar-refractivity contribution in [3.63, 3.8) is 0 Å². The SMILES string of the molecule is COc1cc(C=C(C#N)c2ccc(C)cc2)cc(I)c1OCc1ccc(Cl)cc1. The molecule has 0 aromatic heterocycles. The zero-order valence-electron chi connectivity index (χ0n) is 16.1. The molecule has 0 spiro atoms. The highest BCUT2D eigenvalue weighted by Gasteiger charge is 2.12. The Balaban J connectivity index is 1.88. The van der Waals surface area contributed by atoms with Crippen molar-refractivity contribution in [3.05, 3.63) is 91.5 Å². The van der Waals surface area contributed by atoms with Crippen molar-refractivity contribution >= 4 is 45.8 Å². The molecule has 0 N–H and O–H groups in total. The zero-order valence-corrected chi connectivity index (χ0v) is 19.0. The molecule has 0 aliphatic heterocycles. The Hall–Kier alpha value is -2.49. The fraction of sp³-hybridized carbons (Fsp3) is 0.125. The predicted octanol–water partition coefficient (Wildman–Crippen LogP) is 6.90. The van der Waals surface area contributed by atoms with Gasteiger partial charge in [0.1, 0.15) is 6.61 Å². The summed E-state index contributed by atoms with van der Waals surface area (Å²) in [6.45, 7) is 2.43. The fourth-order valence-electron chi connectivity index (χ4n) is 2.78. The summed E-state index contributed by atoms with van der Waals surface area (Å²) in [5.74, 6) is 1.30. The summed E-state index contributed by atoms with van der Waals surface area (Å²) in [7, 11) is 1.61. The number of rotatable bonds is 6. The van der Waals surface area contributed by atoms with E-state index in [1.807, 2.05) is 73.7 Å². The second kappa shape index (κ2) is 9.82. The Kier molecular flexibility index (Phi) is 7.18. The van der Waals surface area contributed by atoms with E-state index in [0.717, 1.165) is 25.8 Å². The number of ether oxygens (including phenoxy) is 2. The summed E-state index contributed by atoms with van der Waals surface area (Å²) in [5.41, 5.74) is 4.53. The lowest BCUT2D eigenvalue weighted by Gasteiger charge is -2.14. The molecule has 3 aromatic rings. The van der Waals surface area contributed by atoms with Gasteiger partial charge in [0.15, 0.2) is 11.5 Å². The summed E-state index contributed by atoms with van der Waals surface area (Å²) >= 11 is 8.16. The third-order valence-electron chi connectivity index (χ3n) is 4.34. The molecule has 5 heteroatoms. The number of halogens is 2. The van der Waals surface area contributed by atoms with Crippen LogP contribution in [-0.4, -0.2) is 7.11 Å². The molecule has 0 saturated heterocycles. The van der Waals surface area contributed by atoms with Gasteiger partial charge in [-0.3, -0.25) is 0 Å². The number of allylic oxidation sites excluding steroid dienone is 1. The maximum atomic E-state index is 9.60. The Bertz CT molecular complexity index is 1070. The Morgan fingerprint density at radius 2 is 1.79 bits per heavy atom. The fourth-order valence-corrected chi connectivity index (χ4v) is 3.69. The second-order valence-electron chi connectivity index (χ2n) is 6.49. The minimum Gasteiger partial charge on any atom is -0.493 e. The van der Waals surface area contributed by atoms with Crippen molar-refractivity contribution in [2.45, 2.75) is 13.5 Å². The topological polar surface area (TPSA) is 42.2 Å².